The second-order valence-corrected chi connectivity index (χ2v) is 5.73. The number of hydrogen-bond acceptors (Lipinski definition) is 2. The third-order valence-electron chi connectivity index (χ3n) is 3.97. The minimum absolute atomic E-state index is 0.198. The molecule has 1 atom stereocenters. The van der Waals surface area contributed by atoms with Crippen molar-refractivity contribution in [3.8, 4) is 0 Å². The van der Waals surface area contributed by atoms with E-state index in [-0.39, 0.29) is 6.04 Å². The van der Waals surface area contributed by atoms with E-state index >= 15 is 0 Å². The third kappa shape index (κ3) is 3.93. The summed E-state index contributed by atoms with van der Waals surface area (Å²) in [6.07, 6.45) is 0.815. The van der Waals surface area contributed by atoms with Crippen molar-refractivity contribution >= 4 is 17.0 Å². The molecule has 1 aromatic heterocycles. The van der Waals surface area contributed by atoms with Gasteiger partial charge in [-0.3, -0.25) is 4.99 Å². The van der Waals surface area contributed by atoms with E-state index in [0.29, 0.717) is 0 Å². The largest absolute Gasteiger partial charge is 0.356 e. The van der Waals surface area contributed by atoms with Crippen molar-refractivity contribution in [3.63, 3.8) is 0 Å². The number of hydrogen-bond donors (Lipinski definition) is 3. The average molecular weight is 321 g/mol. The van der Waals surface area contributed by atoms with E-state index in [4.69, 9.17) is 0 Å². The van der Waals surface area contributed by atoms with Crippen molar-refractivity contribution in [2.45, 2.75) is 19.4 Å². The third-order valence-corrected chi connectivity index (χ3v) is 3.97. The number of fused-ring (bicyclic) bond motifs is 1. The molecule has 1 heterocycles. The first-order chi connectivity index (χ1) is 11.8. The fourth-order valence-corrected chi connectivity index (χ4v) is 2.65. The molecule has 0 aliphatic rings. The molecule has 3 N–H and O–H groups in total. The summed E-state index contributed by atoms with van der Waals surface area (Å²) in [6, 6.07) is 18.6. The lowest BCUT2D eigenvalue weighted by Crippen LogP contribution is -2.39. The maximum atomic E-state index is 4.59. The highest BCUT2D eigenvalue weighted by molar-refractivity contribution is 5.80. The van der Waals surface area contributed by atoms with Crippen LogP contribution in [0.4, 0.5) is 0 Å². The molecule has 0 bridgehead atoms. The normalized spacial score (nSPS) is 13.0. The predicted molar refractivity (Wildman–Crippen MR) is 99.2 cm³/mol. The first kappa shape index (κ1) is 16.1. The van der Waals surface area contributed by atoms with Crippen LogP contribution in [0, 0.1) is 0 Å². The summed E-state index contributed by atoms with van der Waals surface area (Å²) in [5, 5.41) is 6.75. The Kier molecular flexibility index (Phi) is 5.11. The van der Waals surface area contributed by atoms with Crippen molar-refractivity contribution in [3.05, 3.63) is 66.0 Å². The van der Waals surface area contributed by atoms with Crippen LogP contribution < -0.4 is 10.6 Å². The average Bonchev–Trinajstić information content (AvgIpc) is 3.04. The number of H-pyrrole nitrogens is 1. The van der Waals surface area contributed by atoms with Gasteiger partial charge >= 0.3 is 0 Å². The molecule has 0 aliphatic carbocycles. The first-order valence-corrected chi connectivity index (χ1v) is 8.22. The molecule has 3 rings (SSSR count). The van der Waals surface area contributed by atoms with Gasteiger partial charge in [-0.05, 0) is 24.6 Å². The number of aromatic nitrogens is 2. The Morgan fingerprint density at radius 1 is 1.12 bits per heavy atom. The molecule has 0 amide bonds. The first-order valence-electron chi connectivity index (χ1n) is 8.22. The van der Waals surface area contributed by atoms with Gasteiger partial charge in [-0.15, -0.1) is 0 Å². The molecule has 3 aromatic rings. The van der Waals surface area contributed by atoms with Gasteiger partial charge in [0, 0.05) is 20.0 Å². The molecule has 0 aliphatic heterocycles. The van der Waals surface area contributed by atoms with Crippen molar-refractivity contribution in [2.24, 2.45) is 4.99 Å². The van der Waals surface area contributed by atoms with E-state index in [9.17, 15) is 0 Å². The van der Waals surface area contributed by atoms with Gasteiger partial charge in [0.2, 0.25) is 0 Å². The van der Waals surface area contributed by atoms with Crippen molar-refractivity contribution < 1.29 is 0 Å². The van der Waals surface area contributed by atoms with Gasteiger partial charge in [0.05, 0.1) is 17.1 Å². The van der Waals surface area contributed by atoms with E-state index in [1.165, 1.54) is 5.56 Å². The van der Waals surface area contributed by atoms with Crippen LogP contribution in [-0.2, 0) is 6.42 Å². The molecule has 0 saturated carbocycles. The number of nitrogens with zero attached hydrogens (tertiary/aromatic N) is 2. The van der Waals surface area contributed by atoms with Crippen LogP contribution in [0.25, 0.3) is 11.0 Å². The van der Waals surface area contributed by atoms with Gasteiger partial charge in [-0.2, -0.15) is 0 Å². The summed E-state index contributed by atoms with van der Waals surface area (Å²) < 4.78 is 0. The van der Waals surface area contributed by atoms with Gasteiger partial charge in [-0.25, -0.2) is 4.98 Å². The molecule has 0 saturated heterocycles. The van der Waals surface area contributed by atoms with Gasteiger partial charge in [-0.1, -0.05) is 42.5 Å². The Hall–Kier alpha value is -2.82. The fourth-order valence-electron chi connectivity index (χ4n) is 2.65. The lowest BCUT2D eigenvalue weighted by atomic mass is 10.1. The molecule has 124 valence electrons. The highest BCUT2D eigenvalue weighted by atomic mass is 15.2. The zero-order chi connectivity index (χ0) is 16.8. The maximum absolute atomic E-state index is 4.59. The molecule has 0 spiro atoms. The molecule has 24 heavy (non-hydrogen) atoms. The van der Waals surface area contributed by atoms with E-state index in [2.05, 4.69) is 44.7 Å². The quantitative estimate of drug-likeness (QED) is 0.500. The standard InChI is InChI=1S/C19H23N5/c1-14(15-8-4-3-5-9-15)22-19(20-2)21-13-12-18-23-16-10-6-7-11-17(16)24-18/h3-11,14H,12-13H2,1-2H3,(H,23,24)(H2,20,21,22). The summed E-state index contributed by atoms with van der Waals surface area (Å²) >= 11 is 0. The number of benzene rings is 2. The van der Waals surface area contributed by atoms with Crippen molar-refractivity contribution in [1.82, 2.24) is 20.6 Å². The van der Waals surface area contributed by atoms with Crippen LogP contribution in [-0.4, -0.2) is 29.5 Å². The zero-order valence-corrected chi connectivity index (χ0v) is 14.1. The molecular weight excluding hydrogens is 298 g/mol. The van der Waals surface area contributed by atoms with Crippen LogP contribution in [0.2, 0.25) is 0 Å². The highest BCUT2D eigenvalue weighted by Gasteiger charge is 2.07. The molecule has 2 aromatic carbocycles. The van der Waals surface area contributed by atoms with Crippen molar-refractivity contribution in [2.75, 3.05) is 13.6 Å². The number of aromatic amines is 1. The van der Waals surface area contributed by atoms with Crippen LogP contribution >= 0.6 is 0 Å². The second-order valence-electron chi connectivity index (χ2n) is 5.73. The van der Waals surface area contributed by atoms with E-state index < -0.39 is 0 Å². The smallest absolute Gasteiger partial charge is 0.191 e. The minimum Gasteiger partial charge on any atom is -0.356 e. The summed E-state index contributed by atoms with van der Waals surface area (Å²) in [5.74, 6) is 1.78. The SMILES string of the molecule is CN=C(NCCc1nc2ccccc2[nH]1)NC(C)c1ccccc1. The van der Waals surface area contributed by atoms with Crippen LogP contribution in [0.1, 0.15) is 24.4 Å². The number of aliphatic imine (C=N–C) groups is 1. The van der Waals surface area contributed by atoms with Gasteiger partial charge in [0.1, 0.15) is 5.82 Å². The number of nitrogens with one attached hydrogen (secondary N) is 3. The summed E-state index contributed by atoms with van der Waals surface area (Å²) in [6.45, 7) is 2.89. The number of imidazole rings is 1. The molecular formula is C19H23N5. The van der Waals surface area contributed by atoms with Crippen LogP contribution in [0.5, 0.6) is 0 Å². The maximum Gasteiger partial charge on any atom is 0.191 e. The fraction of sp³-hybridized carbons (Fsp3) is 0.263. The Morgan fingerprint density at radius 2 is 1.88 bits per heavy atom. The zero-order valence-electron chi connectivity index (χ0n) is 14.1. The Labute approximate surface area is 142 Å². The molecule has 0 fully saturated rings. The number of guanidine groups is 1. The number of rotatable bonds is 5. The van der Waals surface area contributed by atoms with Crippen LogP contribution in [0.3, 0.4) is 0 Å². The second kappa shape index (κ2) is 7.64. The van der Waals surface area contributed by atoms with E-state index in [0.717, 1.165) is 35.8 Å². The molecule has 5 nitrogen and oxygen atoms in total. The Balaban J connectivity index is 1.52. The molecule has 5 heteroatoms. The highest BCUT2D eigenvalue weighted by Crippen LogP contribution is 2.11. The molecule has 0 radical (unpaired) electrons. The van der Waals surface area contributed by atoms with E-state index in [1.54, 1.807) is 7.05 Å². The molecule has 1 unspecified atom stereocenters. The monoisotopic (exact) mass is 321 g/mol. The summed E-state index contributed by atoms with van der Waals surface area (Å²) in [5.41, 5.74) is 3.32. The number of para-hydroxylation sites is 2. The van der Waals surface area contributed by atoms with E-state index in [1.807, 2.05) is 42.5 Å². The minimum atomic E-state index is 0.198. The lowest BCUT2D eigenvalue weighted by molar-refractivity contribution is 0.682. The predicted octanol–water partition coefficient (Wildman–Crippen LogP) is 3.03. The van der Waals surface area contributed by atoms with Gasteiger partial charge in [0.15, 0.2) is 5.96 Å². The van der Waals surface area contributed by atoms with Gasteiger partial charge < -0.3 is 15.6 Å². The summed E-state index contributed by atoms with van der Waals surface area (Å²) in [4.78, 5) is 12.2. The van der Waals surface area contributed by atoms with Crippen molar-refractivity contribution in [1.29, 1.82) is 0 Å². The Bertz CT molecular complexity index is 774. The van der Waals surface area contributed by atoms with Crippen LogP contribution in [0.15, 0.2) is 59.6 Å². The van der Waals surface area contributed by atoms with Gasteiger partial charge in [0.25, 0.3) is 0 Å². The summed E-state index contributed by atoms with van der Waals surface area (Å²) in [7, 11) is 1.79. The lowest BCUT2D eigenvalue weighted by Gasteiger charge is -2.18. The topological polar surface area (TPSA) is 65.1 Å². The Morgan fingerprint density at radius 3 is 2.62 bits per heavy atom.